The van der Waals surface area contributed by atoms with E-state index in [9.17, 15) is 9.18 Å². The molecule has 1 heterocycles. The summed E-state index contributed by atoms with van der Waals surface area (Å²) in [5.74, 6) is 1.30. The standard InChI is InChI=1S/C23H29FN2OS/c1-17(2)14-25(15-20-7-5-4-6-18(20)3)16-22(27)26-12-13-28-23(26)19-8-10-21(24)11-9-19/h4-11,17,23H,12-16H2,1-3H3/t23-/m1/s1. The SMILES string of the molecule is Cc1ccccc1CN(CC(=O)N1CCS[C@@H]1c1ccc(F)cc1)CC(C)C. The Morgan fingerprint density at radius 2 is 1.93 bits per heavy atom. The Balaban J connectivity index is 1.71. The number of nitrogens with zero attached hydrogens (tertiary/aromatic N) is 2. The second kappa shape index (κ2) is 9.57. The molecule has 0 aliphatic carbocycles. The number of hydrogen-bond acceptors (Lipinski definition) is 3. The smallest absolute Gasteiger partial charge is 0.237 e. The molecule has 28 heavy (non-hydrogen) atoms. The lowest BCUT2D eigenvalue weighted by Gasteiger charge is -2.29. The molecular weight excluding hydrogens is 371 g/mol. The summed E-state index contributed by atoms with van der Waals surface area (Å²) in [6.07, 6.45) is 0. The minimum Gasteiger partial charge on any atom is -0.325 e. The van der Waals surface area contributed by atoms with Gasteiger partial charge in [-0.25, -0.2) is 4.39 Å². The van der Waals surface area contributed by atoms with Gasteiger partial charge in [-0.15, -0.1) is 11.8 Å². The van der Waals surface area contributed by atoms with Crippen molar-refractivity contribution in [2.24, 2.45) is 5.92 Å². The quantitative estimate of drug-likeness (QED) is 0.663. The van der Waals surface area contributed by atoms with Crippen molar-refractivity contribution in [3.8, 4) is 0 Å². The van der Waals surface area contributed by atoms with Gasteiger partial charge in [-0.05, 0) is 41.7 Å². The van der Waals surface area contributed by atoms with Crippen LogP contribution < -0.4 is 0 Å². The average molecular weight is 401 g/mol. The summed E-state index contributed by atoms with van der Waals surface area (Å²) in [6, 6.07) is 14.9. The fraction of sp³-hybridized carbons (Fsp3) is 0.435. The molecular formula is C23H29FN2OS. The van der Waals surface area contributed by atoms with Crippen LogP contribution in [-0.4, -0.2) is 41.1 Å². The number of carbonyl (C=O) groups excluding carboxylic acids is 1. The maximum absolute atomic E-state index is 13.3. The molecule has 150 valence electrons. The van der Waals surface area contributed by atoms with E-state index in [0.29, 0.717) is 12.5 Å². The zero-order valence-electron chi connectivity index (χ0n) is 16.9. The molecule has 0 aromatic heterocycles. The summed E-state index contributed by atoms with van der Waals surface area (Å²) in [5.41, 5.74) is 3.51. The van der Waals surface area contributed by atoms with Crippen molar-refractivity contribution in [2.45, 2.75) is 32.7 Å². The molecule has 1 aliphatic rings. The van der Waals surface area contributed by atoms with E-state index in [0.717, 1.165) is 31.0 Å². The normalized spacial score (nSPS) is 16.9. The molecule has 2 aromatic rings. The topological polar surface area (TPSA) is 23.6 Å². The van der Waals surface area contributed by atoms with Crippen LogP contribution in [0.5, 0.6) is 0 Å². The Labute approximate surface area is 171 Å². The highest BCUT2D eigenvalue weighted by Gasteiger charge is 2.31. The molecule has 3 nitrogen and oxygen atoms in total. The summed E-state index contributed by atoms with van der Waals surface area (Å²) in [5, 5.41) is -0.0209. The number of thioether (sulfide) groups is 1. The molecule has 1 fully saturated rings. The van der Waals surface area contributed by atoms with Crippen LogP contribution >= 0.6 is 11.8 Å². The van der Waals surface area contributed by atoms with Crippen LogP contribution in [0.25, 0.3) is 0 Å². The fourth-order valence-electron chi connectivity index (χ4n) is 3.64. The number of benzene rings is 2. The first-order chi connectivity index (χ1) is 13.4. The van der Waals surface area contributed by atoms with E-state index in [1.165, 1.54) is 23.3 Å². The number of hydrogen-bond donors (Lipinski definition) is 0. The summed E-state index contributed by atoms with van der Waals surface area (Å²) in [7, 11) is 0. The van der Waals surface area contributed by atoms with Gasteiger partial charge < -0.3 is 4.90 Å². The fourth-order valence-corrected chi connectivity index (χ4v) is 4.92. The highest BCUT2D eigenvalue weighted by atomic mass is 32.2. The molecule has 3 rings (SSSR count). The Hall–Kier alpha value is -1.85. The number of halogens is 1. The van der Waals surface area contributed by atoms with Crippen LogP contribution in [0, 0.1) is 18.7 Å². The van der Waals surface area contributed by atoms with Crippen molar-refractivity contribution in [1.82, 2.24) is 9.80 Å². The number of rotatable bonds is 7. The Morgan fingerprint density at radius 1 is 1.21 bits per heavy atom. The van der Waals surface area contributed by atoms with Gasteiger partial charge in [0.05, 0.1) is 6.54 Å². The molecule has 1 aliphatic heterocycles. The average Bonchev–Trinajstić information content (AvgIpc) is 3.13. The van der Waals surface area contributed by atoms with E-state index >= 15 is 0 Å². The Morgan fingerprint density at radius 3 is 2.61 bits per heavy atom. The third-order valence-electron chi connectivity index (χ3n) is 5.00. The van der Waals surface area contributed by atoms with Gasteiger partial charge in [-0.3, -0.25) is 9.69 Å². The second-order valence-electron chi connectivity index (χ2n) is 7.85. The lowest BCUT2D eigenvalue weighted by atomic mass is 10.1. The largest absolute Gasteiger partial charge is 0.325 e. The predicted molar refractivity (Wildman–Crippen MR) is 115 cm³/mol. The first-order valence-corrected chi connectivity index (χ1v) is 10.9. The Kier molecular flexibility index (Phi) is 7.13. The van der Waals surface area contributed by atoms with Crippen LogP contribution in [-0.2, 0) is 11.3 Å². The maximum atomic E-state index is 13.3. The summed E-state index contributed by atoms with van der Waals surface area (Å²) in [4.78, 5) is 17.4. The first-order valence-electron chi connectivity index (χ1n) is 9.87. The van der Waals surface area contributed by atoms with Crippen molar-refractivity contribution in [3.63, 3.8) is 0 Å². The minimum atomic E-state index is -0.244. The highest BCUT2D eigenvalue weighted by molar-refractivity contribution is 7.99. The number of aryl methyl sites for hydroxylation is 1. The lowest BCUT2D eigenvalue weighted by molar-refractivity contribution is -0.132. The molecule has 1 saturated heterocycles. The lowest BCUT2D eigenvalue weighted by Crippen LogP contribution is -2.41. The van der Waals surface area contributed by atoms with E-state index in [2.05, 4.69) is 43.9 Å². The van der Waals surface area contributed by atoms with Crippen molar-refractivity contribution >= 4 is 17.7 Å². The second-order valence-corrected chi connectivity index (χ2v) is 9.04. The van der Waals surface area contributed by atoms with Gasteiger partial charge in [0, 0.05) is 25.4 Å². The van der Waals surface area contributed by atoms with Crippen LogP contribution in [0.2, 0.25) is 0 Å². The monoisotopic (exact) mass is 400 g/mol. The number of amides is 1. The zero-order chi connectivity index (χ0) is 20.1. The molecule has 0 bridgehead atoms. The molecule has 2 aromatic carbocycles. The van der Waals surface area contributed by atoms with E-state index in [1.54, 1.807) is 23.9 Å². The minimum absolute atomic E-state index is 0.0209. The van der Waals surface area contributed by atoms with Gasteiger partial charge in [-0.1, -0.05) is 50.2 Å². The van der Waals surface area contributed by atoms with Crippen molar-refractivity contribution in [2.75, 3.05) is 25.4 Å². The van der Waals surface area contributed by atoms with Crippen LogP contribution in [0.15, 0.2) is 48.5 Å². The maximum Gasteiger partial charge on any atom is 0.237 e. The molecule has 0 radical (unpaired) electrons. The summed E-state index contributed by atoms with van der Waals surface area (Å²) in [6.45, 7) is 9.29. The van der Waals surface area contributed by atoms with E-state index in [1.807, 2.05) is 11.0 Å². The van der Waals surface area contributed by atoms with Gasteiger partial charge in [-0.2, -0.15) is 0 Å². The predicted octanol–water partition coefficient (Wildman–Crippen LogP) is 4.87. The van der Waals surface area contributed by atoms with Crippen molar-refractivity contribution in [3.05, 3.63) is 71.0 Å². The number of carbonyl (C=O) groups is 1. The zero-order valence-corrected chi connectivity index (χ0v) is 17.7. The molecule has 0 N–H and O–H groups in total. The molecule has 1 atom stereocenters. The van der Waals surface area contributed by atoms with Crippen LogP contribution in [0.4, 0.5) is 4.39 Å². The first kappa shape index (κ1) is 20.9. The van der Waals surface area contributed by atoms with Gasteiger partial charge in [0.25, 0.3) is 0 Å². The summed E-state index contributed by atoms with van der Waals surface area (Å²) < 4.78 is 13.3. The van der Waals surface area contributed by atoms with Crippen molar-refractivity contribution in [1.29, 1.82) is 0 Å². The third-order valence-corrected chi connectivity index (χ3v) is 6.26. The van der Waals surface area contributed by atoms with Gasteiger partial charge in [0.1, 0.15) is 11.2 Å². The third kappa shape index (κ3) is 5.36. The van der Waals surface area contributed by atoms with Crippen LogP contribution in [0.1, 0.15) is 35.9 Å². The molecule has 0 spiro atoms. The molecule has 5 heteroatoms. The van der Waals surface area contributed by atoms with Gasteiger partial charge >= 0.3 is 0 Å². The van der Waals surface area contributed by atoms with Crippen molar-refractivity contribution < 1.29 is 9.18 Å². The Bertz CT molecular complexity index is 793. The molecule has 1 amide bonds. The molecule has 0 unspecified atom stereocenters. The van der Waals surface area contributed by atoms with Gasteiger partial charge in [0.2, 0.25) is 5.91 Å². The highest BCUT2D eigenvalue weighted by Crippen LogP contribution is 2.38. The van der Waals surface area contributed by atoms with E-state index in [4.69, 9.17) is 0 Å². The molecule has 0 saturated carbocycles. The van der Waals surface area contributed by atoms with Gasteiger partial charge in [0.15, 0.2) is 0 Å². The van der Waals surface area contributed by atoms with Crippen LogP contribution in [0.3, 0.4) is 0 Å². The summed E-state index contributed by atoms with van der Waals surface area (Å²) >= 11 is 1.75. The van der Waals surface area contributed by atoms with E-state index < -0.39 is 0 Å². The van der Waals surface area contributed by atoms with E-state index in [-0.39, 0.29) is 17.1 Å².